The Bertz CT molecular complexity index is 586. The number of nitrogens with two attached hydrogens (primary N) is 4. The quantitative estimate of drug-likeness (QED) is 0.227. The molecule has 1 aromatic carbocycles. The Labute approximate surface area is 152 Å². The van der Waals surface area contributed by atoms with E-state index in [0.717, 1.165) is 6.92 Å². The van der Waals surface area contributed by atoms with Crippen molar-refractivity contribution in [3.05, 3.63) is 35.9 Å². The van der Waals surface area contributed by atoms with Crippen LogP contribution in [-0.2, 0) is 20.9 Å². The van der Waals surface area contributed by atoms with Crippen molar-refractivity contribution in [2.24, 2.45) is 28.3 Å². The largest absolute Gasteiger partial charge is 0.479 e. The molecule has 0 radical (unpaired) electrons. The lowest BCUT2D eigenvalue weighted by Gasteiger charge is -2.37. The highest BCUT2D eigenvalue weighted by Crippen LogP contribution is 2.31. The maximum absolute atomic E-state index is 11.9. The van der Waals surface area contributed by atoms with Crippen LogP contribution in [0, 0.1) is 5.41 Å². The number of benzene rings is 1. The Morgan fingerprint density at radius 2 is 1.50 bits per heavy atom. The van der Waals surface area contributed by atoms with Crippen molar-refractivity contribution in [1.29, 1.82) is 0 Å². The molecule has 1 unspecified atom stereocenters. The van der Waals surface area contributed by atoms with E-state index in [2.05, 4.69) is 0 Å². The summed E-state index contributed by atoms with van der Waals surface area (Å²) in [4.78, 5) is 34.9. The summed E-state index contributed by atoms with van der Waals surface area (Å²) in [6, 6.07) is 9.99. The molecule has 0 heterocycles. The van der Waals surface area contributed by atoms with Gasteiger partial charge in [-0.3, -0.25) is 9.59 Å². The Morgan fingerprint density at radius 3 is 1.85 bits per heavy atom. The highest BCUT2D eigenvalue weighted by molar-refractivity contribution is 6.11. The zero-order valence-corrected chi connectivity index (χ0v) is 14.9. The topological polar surface area (TPSA) is 196 Å². The summed E-state index contributed by atoms with van der Waals surface area (Å²) in [5, 5.41) is 17.7. The maximum atomic E-state index is 11.9. The van der Waals surface area contributed by atoms with Crippen molar-refractivity contribution in [1.82, 2.24) is 0 Å². The molecule has 0 saturated carbocycles. The van der Waals surface area contributed by atoms with Gasteiger partial charge in [-0.2, -0.15) is 0 Å². The van der Waals surface area contributed by atoms with E-state index in [-0.39, 0.29) is 13.0 Å². The molecule has 0 aliphatic rings. The second-order valence-corrected chi connectivity index (χ2v) is 5.85. The lowest BCUT2D eigenvalue weighted by molar-refractivity contribution is -0.159. The van der Waals surface area contributed by atoms with Gasteiger partial charge >= 0.3 is 5.97 Å². The number of Topliss-reactive ketones (excluding diaryl/α,β-unsaturated/α-hetero) is 2. The third-order valence-electron chi connectivity index (χ3n) is 4.09. The van der Waals surface area contributed by atoms with Gasteiger partial charge in [-0.25, -0.2) is 4.79 Å². The van der Waals surface area contributed by atoms with E-state index in [1.165, 1.54) is 5.56 Å². The number of carbonyl (C=O) groups excluding carboxylic acids is 2. The molecule has 0 spiro atoms. The van der Waals surface area contributed by atoms with Gasteiger partial charge in [0.05, 0.1) is 0 Å². The number of rotatable bonds is 9. The second kappa shape index (κ2) is 10.7. The molecular weight excluding hydrogens is 340 g/mol. The summed E-state index contributed by atoms with van der Waals surface area (Å²) in [5.41, 5.74) is 17.9. The van der Waals surface area contributed by atoms with Crippen LogP contribution in [0.25, 0.3) is 0 Å². The minimum Gasteiger partial charge on any atom is -0.479 e. The van der Waals surface area contributed by atoms with E-state index < -0.39 is 41.6 Å². The molecule has 0 amide bonds. The zero-order chi connectivity index (χ0) is 20.4. The van der Waals surface area contributed by atoms with Crippen LogP contribution in [0.3, 0.4) is 0 Å². The molecule has 1 aromatic rings. The number of carboxylic acids is 1. The van der Waals surface area contributed by atoms with Gasteiger partial charge in [0.1, 0.15) is 5.41 Å². The molecule has 0 bridgehead atoms. The van der Waals surface area contributed by atoms with Gasteiger partial charge in [0.15, 0.2) is 17.2 Å². The molecule has 0 aliphatic heterocycles. The minimum atomic E-state index is -2.55. The van der Waals surface area contributed by atoms with Gasteiger partial charge in [0.2, 0.25) is 0 Å². The average molecular weight is 368 g/mol. The van der Waals surface area contributed by atoms with Gasteiger partial charge in [-0.1, -0.05) is 30.3 Å². The zero-order valence-electron chi connectivity index (χ0n) is 14.9. The molecule has 146 valence electrons. The molecule has 1 atom stereocenters. The van der Waals surface area contributed by atoms with E-state index in [1.807, 2.05) is 30.3 Å². The van der Waals surface area contributed by atoms with Crippen molar-refractivity contribution < 1.29 is 24.6 Å². The first kappa shape index (κ1) is 23.8. The Kier molecular flexibility index (Phi) is 9.84. The smallest absolute Gasteiger partial charge is 0.340 e. The molecule has 9 heteroatoms. The van der Waals surface area contributed by atoms with Crippen LogP contribution in [0.2, 0.25) is 0 Å². The average Bonchev–Trinajstić information content (AvgIpc) is 2.62. The van der Waals surface area contributed by atoms with Crippen LogP contribution in [-0.4, -0.2) is 46.6 Å². The fourth-order valence-corrected chi connectivity index (χ4v) is 2.18. The number of hydrogen-bond acceptors (Lipinski definition) is 8. The number of aliphatic hydroxyl groups is 1. The fraction of sp³-hybridized carbons (Fsp3) is 0.471. The molecule has 0 aromatic heterocycles. The first-order chi connectivity index (χ1) is 12.1. The summed E-state index contributed by atoms with van der Waals surface area (Å²) >= 11 is 0. The Balaban J connectivity index is 0.000000642. The summed E-state index contributed by atoms with van der Waals surface area (Å²) in [5.74, 6) is -3.26. The number of carboxylic acid groups (broad SMARTS) is 1. The predicted octanol–water partition coefficient (Wildman–Crippen LogP) is -1.29. The number of aliphatic carboxylic acids is 1. The second-order valence-electron chi connectivity index (χ2n) is 5.85. The van der Waals surface area contributed by atoms with Crippen LogP contribution < -0.4 is 22.9 Å². The van der Waals surface area contributed by atoms with Crippen LogP contribution in [0.4, 0.5) is 0 Å². The third kappa shape index (κ3) is 5.68. The molecule has 10 N–H and O–H groups in total. The minimum absolute atomic E-state index is 0.0590. The van der Waals surface area contributed by atoms with Crippen LogP contribution in [0.1, 0.15) is 25.3 Å². The summed E-state index contributed by atoms with van der Waals surface area (Å²) in [6.45, 7) is 1.12. The van der Waals surface area contributed by atoms with Gasteiger partial charge in [0.25, 0.3) is 0 Å². The van der Waals surface area contributed by atoms with Gasteiger partial charge in [-0.05, 0) is 19.0 Å². The molecule has 26 heavy (non-hydrogen) atoms. The van der Waals surface area contributed by atoms with Gasteiger partial charge < -0.3 is 33.1 Å². The van der Waals surface area contributed by atoms with Crippen molar-refractivity contribution in [2.75, 3.05) is 13.2 Å². The van der Waals surface area contributed by atoms with E-state index in [1.54, 1.807) is 0 Å². The molecule has 9 nitrogen and oxygen atoms in total. The molecule has 0 saturated heterocycles. The normalized spacial score (nSPS) is 13.2. The number of carbonyl (C=O) groups is 3. The standard InChI is InChI=1S/C10H19N3O5.C7H9N/c1-9(6(15)2-4-11,7(16)3-5-14)10(12,13)8(17)18;8-6-7-4-2-1-3-5-7/h14H,2-5,11-13H2,1H3,(H,17,18);1-5H,6,8H2. The summed E-state index contributed by atoms with van der Waals surface area (Å²) in [6.07, 6.45) is -0.632. The monoisotopic (exact) mass is 368 g/mol. The fourth-order valence-electron chi connectivity index (χ4n) is 2.18. The first-order valence-electron chi connectivity index (χ1n) is 8.02. The van der Waals surface area contributed by atoms with Crippen LogP contribution >= 0.6 is 0 Å². The predicted molar refractivity (Wildman–Crippen MR) is 96.6 cm³/mol. The van der Waals surface area contributed by atoms with Gasteiger partial charge in [-0.15, -0.1) is 0 Å². The maximum Gasteiger partial charge on any atom is 0.340 e. The lowest BCUT2D eigenvalue weighted by atomic mass is 9.69. The number of hydrogen-bond donors (Lipinski definition) is 6. The number of aliphatic hydroxyl groups excluding tert-OH is 1. The highest BCUT2D eigenvalue weighted by Gasteiger charge is 2.57. The van der Waals surface area contributed by atoms with Crippen molar-refractivity contribution >= 4 is 17.5 Å². The van der Waals surface area contributed by atoms with Crippen LogP contribution in [0.15, 0.2) is 30.3 Å². The molecule has 1 rings (SSSR count). The third-order valence-corrected chi connectivity index (χ3v) is 4.09. The van der Waals surface area contributed by atoms with Crippen molar-refractivity contribution in [2.45, 2.75) is 32.0 Å². The Hall–Kier alpha value is -2.17. The van der Waals surface area contributed by atoms with E-state index in [9.17, 15) is 14.4 Å². The molecule has 0 fully saturated rings. The van der Waals surface area contributed by atoms with Crippen molar-refractivity contribution in [3.8, 4) is 0 Å². The molecular formula is C17H28N4O5. The van der Waals surface area contributed by atoms with E-state index in [0.29, 0.717) is 6.54 Å². The van der Waals surface area contributed by atoms with Gasteiger partial charge in [0, 0.05) is 26.0 Å². The highest BCUT2D eigenvalue weighted by atomic mass is 16.4. The SMILES string of the molecule is CC(C(=O)CCN)(C(=O)CCO)C(N)(N)C(=O)O.NCc1ccccc1. The first-order valence-corrected chi connectivity index (χ1v) is 8.02. The van der Waals surface area contributed by atoms with Crippen LogP contribution in [0.5, 0.6) is 0 Å². The molecule has 0 aliphatic carbocycles. The van der Waals surface area contributed by atoms with Crippen molar-refractivity contribution in [3.63, 3.8) is 0 Å². The summed E-state index contributed by atoms with van der Waals surface area (Å²) < 4.78 is 0. The Morgan fingerprint density at radius 1 is 1.00 bits per heavy atom. The van der Waals surface area contributed by atoms with E-state index in [4.69, 9.17) is 33.1 Å². The summed E-state index contributed by atoms with van der Waals surface area (Å²) in [7, 11) is 0. The van der Waals surface area contributed by atoms with E-state index >= 15 is 0 Å². The number of ketones is 2. The lowest BCUT2D eigenvalue weighted by Crippen LogP contribution is -2.72.